The van der Waals surface area contributed by atoms with Crippen LogP contribution in [0, 0.1) is 0 Å². The molecule has 0 heterocycles. The highest BCUT2D eigenvalue weighted by atomic mass is 16.6. The highest BCUT2D eigenvalue weighted by Crippen LogP contribution is 2.32. The van der Waals surface area contributed by atoms with Crippen molar-refractivity contribution in [2.24, 2.45) is 11.5 Å². The van der Waals surface area contributed by atoms with Gasteiger partial charge in [-0.1, -0.05) is 38.1 Å². The second kappa shape index (κ2) is 5.53. The molecule has 1 aromatic carbocycles. The van der Waals surface area contributed by atoms with Gasteiger partial charge in [0.15, 0.2) is 0 Å². The molecule has 0 aliphatic heterocycles. The molecule has 2 amide bonds. The van der Waals surface area contributed by atoms with Crippen LogP contribution in [0.4, 0.5) is 4.79 Å². The van der Waals surface area contributed by atoms with Crippen LogP contribution in [0.1, 0.15) is 31.4 Å². The predicted octanol–water partition coefficient (Wildman–Crippen LogP) is 1.43. The van der Waals surface area contributed by atoms with E-state index in [-0.39, 0.29) is 6.42 Å². The zero-order valence-corrected chi connectivity index (χ0v) is 10.6. The van der Waals surface area contributed by atoms with Gasteiger partial charge >= 0.3 is 6.09 Å². The number of amides is 2. The van der Waals surface area contributed by atoms with Gasteiger partial charge in [-0.2, -0.15) is 0 Å². The van der Waals surface area contributed by atoms with Crippen LogP contribution >= 0.6 is 0 Å². The monoisotopic (exact) mass is 250 g/mol. The van der Waals surface area contributed by atoms with Gasteiger partial charge in [0.2, 0.25) is 5.60 Å². The minimum Gasteiger partial charge on any atom is -0.428 e. The van der Waals surface area contributed by atoms with E-state index in [4.69, 9.17) is 16.2 Å². The van der Waals surface area contributed by atoms with Gasteiger partial charge in [-0.05, 0) is 18.4 Å². The summed E-state index contributed by atoms with van der Waals surface area (Å²) in [6, 6.07) is 7.23. The highest BCUT2D eigenvalue weighted by molar-refractivity contribution is 5.87. The van der Waals surface area contributed by atoms with Crippen LogP contribution in [0.25, 0.3) is 0 Å². The Morgan fingerprint density at radius 2 is 1.83 bits per heavy atom. The maximum Gasteiger partial charge on any atom is 0.405 e. The van der Waals surface area contributed by atoms with Gasteiger partial charge in [-0.15, -0.1) is 0 Å². The molecule has 0 saturated carbocycles. The summed E-state index contributed by atoms with van der Waals surface area (Å²) in [5, 5.41) is 0. The molecule has 0 spiro atoms. The second-order valence-corrected chi connectivity index (χ2v) is 3.98. The maximum absolute atomic E-state index is 11.7. The van der Waals surface area contributed by atoms with Crippen molar-refractivity contribution in [3.63, 3.8) is 0 Å². The Labute approximate surface area is 106 Å². The van der Waals surface area contributed by atoms with E-state index in [0.29, 0.717) is 12.0 Å². The Morgan fingerprint density at radius 1 is 1.22 bits per heavy atom. The van der Waals surface area contributed by atoms with E-state index in [9.17, 15) is 9.59 Å². The average molecular weight is 250 g/mol. The fourth-order valence-corrected chi connectivity index (χ4v) is 2.07. The summed E-state index contributed by atoms with van der Waals surface area (Å²) in [7, 11) is 0. The third-order valence-electron chi connectivity index (χ3n) is 3.00. The normalized spacial score (nSPS) is 13.7. The number of benzene rings is 1. The lowest BCUT2D eigenvalue weighted by Crippen LogP contribution is -2.46. The molecule has 4 N–H and O–H groups in total. The summed E-state index contributed by atoms with van der Waals surface area (Å²) in [6.45, 7) is 3.67. The molecule has 0 aliphatic carbocycles. The maximum atomic E-state index is 11.7. The second-order valence-electron chi connectivity index (χ2n) is 3.98. The molecule has 0 saturated heterocycles. The Balaban J connectivity index is 3.41. The first-order valence-corrected chi connectivity index (χ1v) is 5.84. The lowest BCUT2D eigenvalue weighted by Gasteiger charge is -2.30. The van der Waals surface area contributed by atoms with Crippen molar-refractivity contribution in [1.82, 2.24) is 0 Å². The summed E-state index contributed by atoms with van der Waals surface area (Å²) >= 11 is 0. The number of nitrogens with two attached hydrogens (primary N) is 2. The molecule has 98 valence electrons. The molecule has 0 aromatic heterocycles. The number of rotatable bonds is 5. The van der Waals surface area contributed by atoms with Crippen molar-refractivity contribution >= 4 is 12.0 Å². The van der Waals surface area contributed by atoms with E-state index in [2.05, 4.69) is 0 Å². The van der Waals surface area contributed by atoms with Crippen molar-refractivity contribution in [3.8, 4) is 0 Å². The Hall–Kier alpha value is -2.04. The zero-order chi connectivity index (χ0) is 13.8. The van der Waals surface area contributed by atoms with Gasteiger partial charge in [-0.25, -0.2) is 4.79 Å². The first-order chi connectivity index (χ1) is 8.47. The Kier molecular flexibility index (Phi) is 4.31. The number of hydrogen-bond acceptors (Lipinski definition) is 3. The Bertz CT molecular complexity index is 459. The first kappa shape index (κ1) is 14.0. The van der Waals surface area contributed by atoms with Crippen molar-refractivity contribution in [3.05, 3.63) is 35.4 Å². The SMILES string of the molecule is CCc1ccccc1C(CC)(OC(N)=O)C(N)=O. The van der Waals surface area contributed by atoms with Crippen LogP contribution in [-0.2, 0) is 21.6 Å². The molecule has 0 fully saturated rings. The summed E-state index contributed by atoms with van der Waals surface area (Å²) in [4.78, 5) is 22.8. The van der Waals surface area contributed by atoms with E-state index in [1.54, 1.807) is 19.1 Å². The van der Waals surface area contributed by atoms with Crippen LogP contribution in [0.5, 0.6) is 0 Å². The highest BCUT2D eigenvalue weighted by Gasteiger charge is 2.41. The zero-order valence-electron chi connectivity index (χ0n) is 10.6. The minimum atomic E-state index is -1.49. The molecule has 5 nitrogen and oxygen atoms in total. The molecule has 0 bridgehead atoms. The molecule has 0 radical (unpaired) electrons. The van der Waals surface area contributed by atoms with E-state index in [1.165, 1.54) is 0 Å². The molecule has 0 aliphatic rings. The summed E-state index contributed by atoms with van der Waals surface area (Å²) < 4.78 is 5.04. The van der Waals surface area contributed by atoms with Crippen LogP contribution in [-0.4, -0.2) is 12.0 Å². The lowest BCUT2D eigenvalue weighted by atomic mass is 9.86. The number of carbonyl (C=O) groups is 2. The van der Waals surface area contributed by atoms with E-state index >= 15 is 0 Å². The van der Waals surface area contributed by atoms with Gasteiger partial charge in [0.1, 0.15) is 0 Å². The van der Waals surface area contributed by atoms with Crippen molar-refractivity contribution in [2.75, 3.05) is 0 Å². The van der Waals surface area contributed by atoms with Crippen molar-refractivity contribution in [1.29, 1.82) is 0 Å². The quantitative estimate of drug-likeness (QED) is 0.827. The standard InChI is InChI=1S/C13H18N2O3/c1-3-9-7-5-6-8-10(9)13(4-2,11(14)16)18-12(15)17/h5-8H,3-4H2,1-2H3,(H2,14,16)(H2,15,17). The number of primary amides is 2. The molecular formula is C13H18N2O3. The number of aryl methyl sites for hydroxylation is 1. The minimum absolute atomic E-state index is 0.238. The lowest BCUT2D eigenvalue weighted by molar-refractivity contribution is -0.137. The first-order valence-electron chi connectivity index (χ1n) is 5.84. The number of ether oxygens (including phenoxy) is 1. The van der Waals surface area contributed by atoms with Gasteiger partial charge in [0, 0.05) is 5.56 Å². The summed E-state index contributed by atoms with van der Waals surface area (Å²) in [6.07, 6.45) is -0.0724. The van der Waals surface area contributed by atoms with E-state index in [0.717, 1.165) is 5.56 Å². The molecule has 1 aromatic rings. The third-order valence-corrected chi connectivity index (χ3v) is 3.00. The fraction of sp³-hybridized carbons (Fsp3) is 0.385. The molecular weight excluding hydrogens is 232 g/mol. The summed E-state index contributed by atoms with van der Waals surface area (Å²) in [5.74, 6) is -0.718. The molecule has 1 rings (SSSR count). The Morgan fingerprint density at radius 3 is 2.28 bits per heavy atom. The predicted molar refractivity (Wildman–Crippen MR) is 67.7 cm³/mol. The largest absolute Gasteiger partial charge is 0.428 e. The van der Waals surface area contributed by atoms with Crippen LogP contribution in [0.2, 0.25) is 0 Å². The number of carbonyl (C=O) groups excluding carboxylic acids is 2. The molecule has 1 atom stereocenters. The third kappa shape index (κ3) is 2.45. The van der Waals surface area contributed by atoms with Crippen LogP contribution in [0.3, 0.4) is 0 Å². The van der Waals surface area contributed by atoms with Gasteiger partial charge in [0.25, 0.3) is 5.91 Å². The van der Waals surface area contributed by atoms with Crippen LogP contribution < -0.4 is 11.5 Å². The topological polar surface area (TPSA) is 95.4 Å². The fourth-order valence-electron chi connectivity index (χ4n) is 2.07. The van der Waals surface area contributed by atoms with Crippen molar-refractivity contribution < 1.29 is 14.3 Å². The van der Waals surface area contributed by atoms with Crippen LogP contribution in [0.15, 0.2) is 24.3 Å². The molecule has 5 heteroatoms. The van der Waals surface area contributed by atoms with Gasteiger partial charge < -0.3 is 16.2 Å². The van der Waals surface area contributed by atoms with Crippen molar-refractivity contribution in [2.45, 2.75) is 32.3 Å². The molecule has 18 heavy (non-hydrogen) atoms. The van der Waals surface area contributed by atoms with E-state index < -0.39 is 17.6 Å². The molecule has 1 unspecified atom stereocenters. The number of hydrogen-bond donors (Lipinski definition) is 2. The average Bonchev–Trinajstić information content (AvgIpc) is 2.35. The van der Waals surface area contributed by atoms with Gasteiger partial charge in [0.05, 0.1) is 0 Å². The smallest absolute Gasteiger partial charge is 0.405 e. The summed E-state index contributed by atoms with van der Waals surface area (Å²) in [5.41, 5.74) is 10.5. The van der Waals surface area contributed by atoms with Gasteiger partial charge in [-0.3, -0.25) is 4.79 Å². The van der Waals surface area contributed by atoms with E-state index in [1.807, 2.05) is 19.1 Å².